The van der Waals surface area contributed by atoms with E-state index in [1.54, 1.807) is 13.2 Å². The zero-order valence-corrected chi connectivity index (χ0v) is 14.3. The first-order valence-electron chi connectivity index (χ1n) is 8.79. The predicted octanol–water partition coefficient (Wildman–Crippen LogP) is 4.06. The van der Waals surface area contributed by atoms with Crippen LogP contribution < -0.4 is 4.74 Å². The SMILES string of the molecule is COc1ccc(C)cc1/C=C/C(=O)N1CC[C@H]2CCCC[C@H]2C1. The fourth-order valence-electron chi connectivity index (χ4n) is 4.05. The highest BCUT2D eigenvalue weighted by Crippen LogP contribution is 2.36. The number of hydrogen-bond donors (Lipinski definition) is 0. The van der Waals surface area contributed by atoms with Gasteiger partial charge in [-0.25, -0.2) is 0 Å². The largest absolute Gasteiger partial charge is 0.496 e. The molecule has 0 aromatic heterocycles. The molecule has 23 heavy (non-hydrogen) atoms. The van der Waals surface area contributed by atoms with E-state index in [9.17, 15) is 4.79 Å². The molecule has 2 atom stereocenters. The van der Waals surface area contributed by atoms with Crippen LogP contribution in [0.25, 0.3) is 6.08 Å². The topological polar surface area (TPSA) is 29.5 Å². The number of amides is 1. The van der Waals surface area contributed by atoms with Crippen LogP contribution >= 0.6 is 0 Å². The minimum absolute atomic E-state index is 0.137. The Hall–Kier alpha value is -1.77. The Labute approximate surface area is 139 Å². The third kappa shape index (κ3) is 3.77. The van der Waals surface area contributed by atoms with E-state index in [0.29, 0.717) is 0 Å². The lowest BCUT2D eigenvalue weighted by atomic mass is 9.75. The molecule has 1 saturated heterocycles. The van der Waals surface area contributed by atoms with Gasteiger partial charge in [0.15, 0.2) is 0 Å². The molecule has 1 heterocycles. The summed E-state index contributed by atoms with van der Waals surface area (Å²) in [4.78, 5) is 14.6. The predicted molar refractivity (Wildman–Crippen MR) is 93.4 cm³/mol. The van der Waals surface area contributed by atoms with E-state index in [2.05, 4.69) is 6.07 Å². The van der Waals surface area contributed by atoms with Gasteiger partial charge in [-0.3, -0.25) is 4.79 Å². The van der Waals surface area contributed by atoms with Crippen LogP contribution in [0, 0.1) is 18.8 Å². The Kier molecular flexibility index (Phi) is 5.04. The van der Waals surface area contributed by atoms with Crippen LogP contribution in [0.15, 0.2) is 24.3 Å². The van der Waals surface area contributed by atoms with Crippen molar-refractivity contribution in [3.63, 3.8) is 0 Å². The Morgan fingerprint density at radius 2 is 2.00 bits per heavy atom. The molecule has 1 aliphatic carbocycles. The molecule has 2 fully saturated rings. The number of rotatable bonds is 3. The molecule has 3 rings (SSSR count). The lowest BCUT2D eigenvalue weighted by Gasteiger charge is -2.41. The molecule has 2 aliphatic rings. The minimum atomic E-state index is 0.137. The molecule has 1 aromatic carbocycles. The Morgan fingerprint density at radius 3 is 2.78 bits per heavy atom. The summed E-state index contributed by atoms with van der Waals surface area (Å²) >= 11 is 0. The lowest BCUT2D eigenvalue weighted by molar-refractivity contribution is -0.128. The van der Waals surface area contributed by atoms with E-state index in [1.807, 2.05) is 30.0 Å². The van der Waals surface area contributed by atoms with E-state index < -0.39 is 0 Å². The number of likely N-dealkylation sites (tertiary alicyclic amines) is 1. The first-order chi connectivity index (χ1) is 11.2. The number of fused-ring (bicyclic) bond motifs is 1. The molecule has 3 heteroatoms. The number of methoxy groups -OCH3 is 1. The lowest BCUT2D eigenvalue weighted by Crippen LogP contribution is -2.44. The standard InChI is InChI=1S/C20H27NO2/c1-15-7-9-19(23-2)17(13-15)8-10-20(22)21-12-11-16-5-3-4-6-18(16)14-21/h7-10,13,16,18H,3-6,11-12,14H2,1-2H3/b10-8+/t16-,18+/m1/s1. The van der Waals surface area contributed by atoms with Crippen molar-refractivity contribution in [2.45, 2.75) is 39.0 Å². The molecular formula is C20H27NO2. The van der Waals surface area contributed by atoms with E-state index in [4.69, 9.17) is 4.74 Å². The summed E-state index contributed by atoms with van der Waals surface area (Å²) in [5.41, 5.74) is 2.13. The van der Waals surface area contributed by atoms with Gasteiger partial charge in [0.05, 0.1) is 7.11 Å². The first kappa shape index (κ1) is 16.1. The summed E-state index contributed by atoms with van der Waals surface area (Å²) in [5, 5.41) is 0. The highest BCUT2D eigenvalue weighted by molar-refractivity contribution is 5.92. The van der Waals surface area contributed by atoms with E-state index in [-0.39, 0.29) is 5.91 Å². The average molecular weight is 313 g/mol. The van der Waals surface area contributed by atoms with Gasteiger partial charge in [-0.2, -0.15) is 0 Å². The molecule has 3 nitrogen and oxygen atoms in total. The van der Waals surface area contributed by atoms with Crippen molar-refractivity contribution in [1.82, 2.24) is 4.90 Å². The van der Waals surface area contributed by atoms with E-state index in [0.717, 1.165) is 36.2 Å². The maximum absolute atomic E-state index is 12.5. The zero-order valence-electron chi connectivity index (χ0n) is 14.3. The number of piperidine rings is 1. The minimum Gasteiger partial charge on any atom is -0.496 e. The van der Waals surface area contributed by atoms with Crippen molar-refractivity contribution in [3.8, 4) is 5.75 Å². The van der Waals surface area contributed by atoms with Crippen molar-refractivity contribution in [3.05, 3.63) is 35.4 Å². The summed E-state index contributed by atoms with van der Waals surface area (Å²) in [7, 11) is 1.66. The Balaban J connectivity index is 1.66. The number of hydrogen-bond acceptors (Lipinski definition) is 2. The number of carbonyl (C=O) groups excluding carboxylic acids is 1. The van der Waals surface area contributed by atoms with Crippen LogP contribution in [0.5, 0.6) is 5.75 Å². The summed E-state index contributed by atoms with van der Waals surface area (Å²) in [6.07, 6.45) is 10.1. The van der Waals surface area contributed by atoms with Gasteiger partial charge in [0.1, 0.15) is 5.75 Å². The second-order valence-corrected chi connectivity index (χ2v) is 6.96. The van der Waals surface area contributed by atoms with Crippen molar-refractivity contribution in [2.75, 3.05) is 20.2 Å². The maximum atomic E-state index is 12.5. The fourth-order valence-corrected chi connectivity index (χ4v) is 4.05. The highest BCUT2D eigenvalue weighted by atomic mass is 16.5. The monoisotopic (exact) mass is 313 g/mol. The normalized spacial score (nSPS) is 24.5. The molecule has 1 saturated carbocycles. The van der Waals surface area contributed by atoms with Crippen LogP contribution in [-0.2, 0) is 4.79 Å². The van der Waals surface area contributed by atoms with Crippen molar-refractivity contribution in [2.24, 2.45) is 11.8 Å². The van der Waals surface area contributed by atoms with Crippen LogP contribution in [0.1, 0.15) is 43.2 Å². The second-order valence-electron chi connectivity index (χ2n) is 6.96. The molecule has 0 unspecified atom stereocenters. The van der Waals surface area contributed by atoms with Crippen molar-refractivity contribution < 1.29 is 9.53 Å². The molecule has 1 aliphatic heterocycles. The smallest absolute Gasteiger partial charge is 0.246 e. The molecule has 0 spiro atoms. The maximum Gasteiger partial charge on any atom is 0.246 e. The third-order valence-electron chi connectivity index (χ3n) is 5.39. The van der Waals surface area contributed by atoms with E-state index in [1.165, 1.54) is 37.7 Å². The van der Waals surface area contributed by atoms with Gasteiger partial charge in [-0.1, -0.05) is 30.9 Å². The molecule has 0 N–H and O–H groups in total. The molecule has 0 bridgehead atoms. The van der Waals surface area contributed by atoms with Crippen LogP contribution in [0.2, 0.25) is 0 Å². The average Bonchev–Trinajstić information content (AvgIpc) is 2.59. The Bertz CT molecular complexity index is 593. The zero-order chi connectivity index (χ0) is 16.2. The number of benzene rings is 1. The number of aryl methyl sites for hydroxylation is 1. The molecule has 124 valence electrons. The fraction of sp³-hybridized carbons (Fsp3) is 0.550. The highest BCUT2D eigenvalue weighted by Gasteiger charge is 2.32. The van der Waals surface area contributed by atoms with Crippen LogP contribution in [0.3, 0.4) is 0 Å². The molecule has 1 aromatic rings. The molecular weight excluding hydrogens is 286 g/mol. The quantitative estimate of drug-likeness (QED) is 0.788. The summed E-state index contributed by atoms with van der Waals surface area (Å²) in [6.45, 7) is 3.90. The van der Waals surface area contributed by atoms with Gasteiger partial charge >= 0.3 is 0 Å². The summed E-state index contributed by atoms with van der Waals surface area (Å²) in [5.74, 6) is 2.53. The van der Waals surface area contributed by atoms with Gasteiger partial charge in [-0.05, 0) is 49.8 Å². The van der Waals surface area contributed by atoms with Gasteiger partial charge in [0.25, 0.3) is 0 Å². The second kappa shape index (κ2) is 7.20. The molecule has 0 radical (unpaired) electrons. The molecule has 1 amide bonds. The van der Waals surface area contributed by atoms with E-state index >= 15 is 0 Å². The summed E-state index contributed by atoms with van der Waals surface area (Å²) in [6, 6.07) is 6.02. The van der Waals surface area contributed by atoms with Crippen LogP contribution in [-0.4, -0.2) is 31.0 Å². The van der Waals surface area contributed by atoms with Crippen molar-refractivity contribution >= 4 is 12.0 Å². The number of ether oxygens (including phenoxy) is 1. The van der Waals surface area contributed by atoms with Gasteiger partial charge in [0.2, 0.25) is 5.91 Å². The third-order valence-corrected chi connectivity index (χ3v) is 5.39. The van der Waals surface area contributed by atoms with Crippen LogP contribution in [0.4, 0.5) is 0 Å². The van der Waals surface area contributed by atoms with Gasteiger partial charge in [-0.15, -0.1) is 0 Å². The number of nitrogens with zero attached hydrogens (tertiary/aromatic N) is 1. The Morgan fingerprint density at radius 1 is 1.22 bits per heavy atom. The van der Waals surface area contributed by atoms with Gasteiger partial charge < -0.3 is 9.64 Å². The first-order valence-corrected chi connectivity index (χ1v) is 8.79. The summed E-state index contributed by atoms with van der Waals surface area (Å²) < 4.78 is 5.37. The van der Waals surface area contributed by atoms with Gasteiger partial charge in [0, 0.05) is 24.7 Å². The van der Waals surface area contributed by atoms with Crippen molar-refractivity contribution in [1.29, 1.82) is 0 Å². The number of carbonyl (C=O) groups is 1.